The molecule has 0 spiro atoms. The van der Waals surface area contributed by atoms with Crippen molar-refractivity contribution >= 4 is 34.3 Å². The predicted molar refractivity (Wildman–Crippen MR) is 110 cm³/mol. The molecule has 1 aliphatic rings. The lowest BCUT2D eigenvalue weighted by molar-refractivity contribution is -0.113. The molecule has 0 saturated carbocycles. The third-order valence-electron chi connectivity index (χ3n) is 4.25. The number of pyridine rings is 1. The Morgan fingerprint density at radius 2 is 2.00 bits per heavy atom. The molecule has 0 atom stereocenters. The SMILES string of the molecule is CCOc1ccccc1NC(=O)CSc1nc2cc3c(cc2cc1C)OCO3. The largest absolute Gasteiger partial charge is 0.492 e. The van der Waals surface area contributed by atoms with E-state index in [2.05, 4.69) is 11.4 Å². The second-order valence-corrected chi connectivity index (χ2v) is 7.24. The minimum absolute atomic E-state index is 0.107. The van der Waals surface area contributed by atoms with E-state index in [0.717, 1.165) is 27.2 Å². The van der Waals surface area contributed by atoms with E-state index in [1.807, 2.05) is 50.2 Å². The number of hydrogen-bond acceptors (Lipinski definition) is 6. The van der Waals surface area contributed by atoms with Crippen molar-refractivity contribution in [2.45, 2.75) is 18.9 Å². The summed E-state index contributed by atoms with van der Waals surface area (Å²) in [6, 6.07) is 13.3. The number of amides is 1. The molecule has 0 saturated heterocycles. The summed E-state index contributed by atoms with van der Waals surface area (Å²) < 4.78 is 16.4. The van der Waals surface area contributed by atoms with Crippen LogP contribution in [-0.4, -0.2) is 30.0 Å². The third kappa shape index (κ3) is 3.84. The van der Waals surface area contributed by atoms with E-state index in [0.29, 0.717) is 23.8 Å². The zero-order chi connectivity index (χ0) is 19.5. The number of carbonyl (C=O) groups is 1. The van der Waals surface area contributed by atoms with Crippen LogP contribution in [0.25, 0.3) is 10.9 Å². The van der Waals surface area contributed by atoms with Gasteiger partial charge in [-0.25, -0.2) is 4.98 Å². The van der Waals surface area contributed by atoms with Crippen LogP contribution >= 0.6 is 11.8 Å². The predicted octanol–water partition coefficient (Wildman–Crippen LogP) is 4.40. The molecule has 3 aromatic rings. The Morgan fingerprint density at radius 1 is 1.21 bits per heavy atom. The molecule has 4 rings (SSSR count). The second-order valence-electron chi connectivity index (χ2n) is 6.27. The van der Waals surface area contributed by atoms with Crippen molar-refractivity contribution in [3.63, 3.8) is 0 Å². The Bertz CT molecular complexity index is 1040. The van der Waals surface area contributed by atoms with E-state index in [-0.39, 0.29) is 18.5 Å². The normalized spacial score (nSPS) is 12.2. The van der Waals surface area contributed by atoms with Gasteiger partial charge < -0.3 is 19.5 Å². The number of ether oxygens (including phenoxy) is 3. The topological polar surface area (TPSA) is 69.7 Å². The highest BCUT2D eigenvalue weighted by Gasteiger charge is 2.16. The van der Waals surface area contributed by atoms with Gasteiger partial charge in [0.05, 0.1) is 23.6 Å². The van der Waals surface area contributed by atoms with Gasteiger partial charge in [0.2, 0.25) is 12.7 Å². The molecule has 1 amide bonds. The number of aromatic nitrogens is 1. The van der Waals surface area contributed by atoms with E-state index in [1.165, 1.54) is 11.8 Å². The molecule has 144 valence electrons. The van der Waals surface area contributed by atoms with Crippen LogP contribution in [0.3, 0.4) is 0 Å². The number of carbonyl (C=O) groups excluding carboxylic acids is 1. The summed E-state index contributed by atoms with van der Waals surface area (Å²) in [5, 5.41) is 4.71. The van der Waals surface area contributed by atoms with Crippen LogP contribution in [0.2, 0.25) is 0 Å². The van der Waals surface area contributed by atoms with Crippen molar-refractivity contribution in [1.29, 1.82) is 0 Å². The smallest absolute Gasteiger partial charge is 0.234 e. The Balaban J connectivity index is 1.47. The van der Waals surface area contributed by atoms with E-state index in [4.69, 9.17) is 19.2 Å². The highest BCUT2D eigenvalue weighted by molar-refractivity contribution is 8.00. The molecule has 0 bridgehead atoms. The number of nitrogens with zero attached hydrogens (tertiary/aromatic N) is 1. The molecule has 1 N–H and O–H groups in total. The summed E-state index contributed by atoms with van der Waals surface area (Å²) in [5.74, 6) is 2.25. The number of rotatable bonds is 6. The van der Waals surface area contributed by atoms with Crippen LogP contribution in [-0.2, 0) is 4.79 Å². The quantitative estimate of drug-likeness (QED) is 0.623. The molecule has 0 radical (unpaired) electrons. The molecule has 2 aromatic carbocycles. The lowest BCUT2D eigenvalue weighted by Gasteiger charge is -2.11. The fraction of sp³-hybridized carbons (Fsp3) is 0.238. The van der Waals surface area contributed by atoms with E-state index < -0.39 is 0 Å². The first-order valence-corrected chi connectivity index (χ1v) is 9.98. The number of benzene rings is 2. The van der Waals surface area contributed by atoms with Gasteiger partial charge in [-0.05, 0) is 43.7 Å². The standard InChI is InChI=1S/C21H20N2O4S/c1-3-25-17-7-5-4-6-15(17)22-20(24)11-28-21-13(2)8-14-9-18-19(27-12-26-18)10-16(14)23-21/h4-10H,3,11-12H2,1-2H3,(H,22,24). The van der Waals surface area contributed by atoms with Crippen molar-refractivity contribution in [3.05, 3.63) is 48.0 Å². The van der Waals surface area contributed by atoms with E-state index >= 15 is 0 Å². The van der Waals surface area contributed by atoms with Gasteiger partial charge in [-0.15, -0.1) is 0 Å². The maximum atomic E-state index is 12.4. The summed E-state index contributed by atoms with van der Waals surface area (Å²) in [6.07, 6.45) is 0. The van der Waals surface area contributed by atoms with Gasteiger partial charge in [-0.2, -0.15) is 0 Å². The van der Waals surface area contributed by atoms with Crippen molar-refractivity contribution in [2.24, 2.45) is 0 Å². The van der Waals surface area contributed by atoms with Gasteiger partial charge in [0.25, 0.3) is 0 Å². The second kappa shape index (κ2) is 7.98. The van der Waals surface area contributed by atoms with Crippen molar-refractivity contribution in [2.75, 3.05) is 24.5 Å². The zero-order valence-electron chi connectivity index (χ0n) is 15.7. The van der Waals surface area contributed by atoms with Gasteiger partial charge in [-0.1, -0.05) is 23.9 Å². The summed E-state index contributed by atoms with van der Waals surface area (Å²) >= 11 is 1.41. The van der Waals surface area contributed by atoms with Crippen molar-refractivity contribution in [1.82, 2.24) is 4.98 Å². The Hall–Kier alpha value is -2.93. The number of thioether (sulfide) groups is 1. The Labute approximate surface area is 167 Å². The Kier molecular flexibility index (Phi) is 5.25. The van der Waals surface area contributed by atoms with Crippen LogP contribution in [0.5, 0.6) is 17.2 Å². The maximum Gasteiger partial charge on any atom is 0.234 e. The monoisotopic (exact) mass is 396 g/mol. The first-order valence-electron chi connectivity index (χ1n) is 8.99. The highest BCUT2D eigenvalue weighted by Crippen LogP contribution is 2.37. The summed E-state index contributed by atoms with van der Waals surface area (Å²) in [4.78, 5) is 17.1. The minimum Gasteiger partial charge on any atom is -0.492 e. The molecule has 0 fully saturated rings. The summed E-state index contributed by atoms with van der Waals surface area (Å²) in [5.41, 5.74) is 2.50. The first kappa shape index (κ1) is 18.4. The molecule has 2 heterocycles. The van der Waals surface area contributed by atoms with E-state index in [1.54, 1.807) is 0 Å². The number of hydrogen-bond donors (Lipinski definition) is 1. The van der Waals surface area contributed by atoms with Crippen LogP contribution in [0.1, 0.15) is 12.5 Å². The fourth-order valence-corrected chi connectivity index (χ4v) is 3.76. The zero-order valence-corrected chi connectivity index (χ0v) is 16.5. The van der Waals surface area contributed by atoms with Gasteiger partial charge >= 0.3 is 0 Å². The lowest BCUT2D eigenvalue weighted by atomic mass is 10.1. The van der Waals surface area contributed by atoms with E-state index in [9.17, 15) is 4.79 Å². The van der Waals surface area contributed by atoms with Crippen LogP contribution in [0.4, 0.5) is 5.69 Å². The summed E-state index contributed by atoms with van der Waals surface area (Å²) in [7, 11) is 0. The molecule has 28 heavy (non-hydrogen) atoms. The highest BCUT2D eigenvalue weighted by atomic mass is 32.2. The first-order chi connectivity index (χ1) is 13.6. The van der Waals surface area contributed by atoms with Gasteiger partial charge in [-0.3, -0.25) is 4.79 Å². The van der Waals surface area contributed by atoms with Crippen LogP contribution in [0.15, 0.2) is 47.5 Å². The van der Waals surface area contributed by atoms with Gasteiger partial charge in [0.15, 0.2) is 11.5 Å². The van der Waals surface area contributed by atoms with Crippen molar-refractivity contribution < 1.29 is 19.0 Å². The average Bonchev–Trinajstić information content (AvgIpc) is 3.13. The van der Waals surface area contributed by atoms with Gasteiger partial charge in [0.1, 0.15) is 10.8 Å². The van der Waals surface area contributed by atoms with Crippen LogP contribution < -0.4 is 19.5 Å². The number of fused-ring (bicyclic) bond motifs is 2. The lowest BCUT2D eigenvalue weighted by Crippen LogP contribution is -2.15. The van der Waals surface area contributed by atoms with Crippen LogP contribution in [0, 0.1) is 6.92 Å². The maximum absolute atomic E-state index is 12.4. The number of aryl methyl sites for hydroxylation is 1. The fourth-order valence-electron chi connectivity index (χ4n) is 2.97. The molecule has 7 heteroatoms. The molecule has 0 aliphatic carbocycles. The Morgan fingerprint density at radius 3 is 2.82 bits per heavy atom. The number of nitrogens with one attached hydrogen (secondary N) is 1. The van der Waals surface area contributed by atoms with Crippen molar-refractivity contribution in [3.8, 4) is 17.2 Å². The minimum atomic E-state index is -0.107. The molecule has 0 unspecified atom stereocenters. The molecule has 1 aliphatic heterocycles. The number of anilines is 1. The summed E-state index contributed by atoms with van der Waals surface area (Å²) in [6.45, 7) is 4.67. The molecular weight excluding hydrogens is 376 g/mol. The average molecular weight is 396 g/mol. The van der Waals surface area contributed by atoms with Gasteiger partial charge in [0, 0.05) is 11.5 Å². The molecule has 1 aromatic heterocycles. The number of para-hydroxylation sites is 2. The molecule has 6 nitrogen and oxygen atoms in total. The third-order valence-corrected chi connectivity index (χ3v) is 5.35. The molecular formula is C21H20N2O4S.